The summed E-state index contributed by atoms with van der Waals surface area (Å²) < 4.78 is 0. The van der Waals surface area contributed by atoms with Gasteiger partial charge in [0, 0.05) is 21.7 Å². The van der Waals surface area contributed by atoms with Crippen molar-refractivity contribution in [3.63, 3.8) is 0 Å². The Morgan fingerprint density at radius 2 is 1.60 bits per heavy atom. The standard InChI is InChI=1S/C23H15ClO/c24-21-11-6-9-19(17-21)14-16-23(25)22-12-5-4-10-20(22)15-13-18-7-2-1-3-8-18/h1-12,14,16-17H/b16-14+. The van der Waals surface area contributed by atoms with Gasteiger partial charge in [0.15, 0.2) is 5.78 Å². The second-order valence-corrected chi connectivity index (χ2v) is 5.85. The molecule has 0 heterocycles. The molecule has 1 nitrogen and oxygen atoms in total. The second-order valence-electron chi connectivity index (χ2n) is 5.41. The smallest absolute Gasteiger partial charge is 0.187 e. The molecule has 3 aromatic rings. The monoisotopic (exact) mass is 342 g/mol. The van der Waals surface area contributed by atoms with Gasteiger partial charge in [0.2, 0.25) is 0 Å². The van der Waals surface area contributed by atoms with Crippen LogP contribution in [0.15, 0.2) is 84.9 Å². The van der Waals surface area contributed by atoms with Crippen molar-refractivity contribution in [3.05, 3.63) is 112 Å². The van der Waals surface area contributed by atoms with Crippen LogP contribution in [0.5, 0.6) is 0 Å². The number of ketones is 1. The molecule has 2 heteroatoms. The molecular formula is C23H15ClO. The van der Waals surface area contributed by atoms with Gasteiger partial charge < -0.3 is 0 Å². The average Bonchev–Trinajstić information content (AvgIpc) is 2.65. The van der Waals surface area contributed by atoms with Gasteiger partial charge in [-0.1, -0.05) is 72.0 Å². The van der Waals surface area contributed by atoms with E-state index in [0.717, 1.165) is 11.1 Å². The quantitative estimate of drug-likeness (QED) is 0.342. The van der Waals surface area contributed by atoms with Crippen LogP contribution in [0.1, 0.15) is 27.0 Å². The number of allylic oxidation sites excluding steroid dienone is 1. The van der Waals surface area contributed by atoms with E-state index >= 15 is 0 Å². The van der Waals surface area contributed by atoms with E-state index in [2.05, 4.69) is 11.8 Å². The fraction of sp³-hybridized carbons (Fsp3) is 0. The largest absolute Gasteiger partial charge is 0.289 e. The SMILES string of the molecule is O=C(/C=C/c1cccc(Cl)c1)c1ccccc1C#Cc1ccccc1. The van der Waals surface area contributed by atoms with Gasteiger partial charge in [0.1, 0.15) is 0 Å². The fourth-order valence-corrected chi connectivity index (χ4v) is 2.54. The van der Waals surface area contributed by atoms with Gasteiger partial charge >= 0.3 is 0 Å². The zero-order valence-corrected chi connectivity index (χ0v) is 14.2. The molecule has 0 saturated carbocycles. The summed E-state index contributed by atoms with van der Waals surface area (Å²) in [5.74, 6) is 6.10. The highest BCUT2D eigenvalue weighted by atomic mass is 35.5. The van der Waals surface area contributed by atoms with E-state index in [1.807, 2.05) is 66.7 Å². The van der Waals surface area contributed by atoms with Crippen LogP contribution in [-0.4, -0.2) is 5.78 Å². The number of rotatable bonds is 3. The number of hydrogen-bond acceptors (Lipinski definition) is 1. The minimum atomic E-state index is -0.0852. The van der Waals surface area contributed by atoms with Crippen LogP contribution in [0.2, 0.25) is 5.02 Å². The zero-order chi connectivity index (χ0) is 17.5. The molecular weight excluding hydrogens is 328 g/mol. The topological polar surface area (TPSA) is 17.1 Å². The van der Waals surface area contributed by atoms with Crippen LogP contribution in [0, 0.1) is 11.8 Å². The molecule has 0 aliphatic carbocycles. The Bertz CT molecular complexity index is 975. The van der Waals surface area contributed by atoms with E-state index in [1.165, 1.54) is 0 Å². The lowest BCUT2D eigenvalue weighted by Gasteiger charge is -2.00. The molecule has 0 saturated heterocycles. The number of halogens is 1. The predicted octanol–water partition coefficient (Wildman–Crippen LogP) is 5.64. The molecule has 0 bridgehead atoms. The highest BCUT2D eigenvalue weighted by molar-refractivity contribution is 6.30. The highest BCUT2D eigenvalue weighted by Crippen LogP contribution is 2.14. The van der Waals surface area contributed by atoms with Gasteiger partial charge in [0.05, 0.1) is 0 Å². The lowest BCUT2D eigenvalue weighted by atomic mass is 10.0. The molecule has 0 amide bonds. The molecule has 0 aromatic heterocycles. The van der Waals surface area contributed by atoms with Crippen molar-refractivity contribution >= 4 is 23.5 Å². The lowest BCUT2D eigenvalue weighted by Crippen LogP contribution is -1.98. The summed E-state index contributed by atoms with van der Waals surface area (Å²) in [4.78, 5) is 12.5. The van der Waals surface area contributed by atoms with Crippen molar-refractivity contribution in [2.75, 3.05) is 0 Å². The first-order valence-corrected chi connectivity index (χ1v) is 8.24. The summed E-state index contributed by atoms with van der Waals surface area (Å²) in [6.45, 7) is 0. The van der Waals surface area contributed by atoms with Crippen LogP contribution in [0.3, 0.4) is 0 Å². The average molecular weight is 343 g/mol. The molecule has 0 unspecified atom stereocenters. The molecule has 0 radical (unpaired) electrons. The molecule has 25 heavy (non-hydrogen) atoms. The first-order chi connectivity index (χ1) is 12.2. The second kappa shape index (κ2) is 8.15. The van der Waals surface area contributed by atoms with E-state index in [9.17, 15) is 4.79 Å². The third-order valence-corrected chi connectivity index (χ3v) is 3.82. The van der Waals surface area contributed by atoms with Crippen molar-refractivity contribution < 1.29 is 4.79 Å². The van der Waals surface area contributed by atoms with E-state index in [1.54, 1.807) is 24.3 Å². The van der Waals surface area contributed by atoms with Crippen LogP contribution < -0.4 is 0 Å². The Morgan fingerprint density at radius 1 is 0.840 bits per heavy atom. The molecule has 0 N–H and O–H groups in total. The summed E-state index contributed by atoms with van der Waals surface area (Å²) in [5, 5.41) is 0.642. The molecule has 0 aliphatic heterocycles. The van der Waals surface area contributed by atoms with E-state index < -0.39 is 0 Å². The first-order valence-electron chi connectivity index (χ1n) is 7.86. The minimum absolute atomic E-state index is 0.0852. The van der Waals surface area contributed by atoms with Crippen LogP contribution in [0.4, 0.5) is 0 Å². The Kier molecular flexibility index (Phi) is 5.46. The molecule has 0 aliphatic rings. The van der Waals surface area contributed by atoms with Gasteiger partial charge in [-0.2, -0.15) is 0 Å². The molecule has 120 valence electrons. The van der Waals surface area contributed by atoms with Crippen LogP contribution in [0.25, 0.3) is 6.08 Å². The Balaban J connectivity index is 1.85. The van der Waals surface area contributed by atoms with Gasteiger partial charge in [-0.15, -0.1) is 0 Å². The molecule has 3 rings (SSSR count). The highest BCUT2D eigenvalue weighted by Gasteiger charge is 2.06. The first kappa shape index (κ1) is 16.8. The van der Waals surface area contributed by atoms with Gasteiger partial charge in [-0.3, -0.25) is 4.79 Å². The fourth-order valence-electron chi connectivity index (χ4n) is 2.34. The van der Waals surface area contributed by atoms with E-state index in [-0.39, 0.29) is 5.78 Å². The third-order valence-electron chi connectivity index (χ3n) is 3.58. The molecule has 0 spiro atoms. The van der Waals surface area contributed by atoms with Crippen molar-refractivity contribution in [2.45, 2.75) is 0 Å². The summed E-state index contributed by atoms with van der Waals surface area (Å²) in [7, 11) is 0. The van der Waals surface area contributed by atoms with Crippen LogP contribution >= 0.6 is 11.6 Å². The number of carbonyl (C=O) groups is 1. The molecule has 0 fully saturated rings. The van der Waals surface area contributed by atoms with Gasteiger partial charge in [0.25, 0.3) is 0 Å². The Hall–Kier alpha value is -3.08. The summed E-state index contributed by atoms with van der Waals surface area (Å²) >= 11 is 5.96. The third kappa shape index (κ3) is 4.70. The minimum Gasteiger partial charge on any atom is -0.289 e. The summed E-state index contributed by atoms with van der Waals surface area (Å²) in [5.41, 5.74) is 3.10. The number of benzene rings is 3. The van der Waals surface area contributed by atoms with Crippen molar-refractivity contribution in [1.82, 2.24) is 0 Å². The van der Waals surface area contributed by atoms with Crippen molar-refractivity contribution in [1.29, 1.82) is 0 Å². The van der Waals surface area contributed by atoms with Crippen molar-refractivity contribution in [2.24, 2.45) is 0 Å². The predicted molar refractivity (Wildman–Crippen MR) is 104 cm³/mol. The Labute approximate surface area is 152 Å². The van der Waals surface area contributed by atoms with Crippen molar-refractivity contribution in [3.8, 4) is 11.8 Å². The zero-order valence-electron chi connectivity index (χ0n) is 13.4. The molecule has 0 atom stereocenters. The lowest BCUT2D eigenvalue weighted by molar-refractivity contribution is 0.104. The number of hydrogen-bond donors (Lipinski definition) is 0. The maximum absolute atomic E-state index is 12.5. The Morgan fingerprint density at radius 3 is 2.40 bits per heavy atom. The van der Waals surface area contributed by atoms with Gasteiger partial charge in [-0.05, 0) is 48.0 Å². The summed E-state index contributed by atoms with van der Waals surface area (Å²) in [6, 6.07) is 24.4. The number of carbonyl (C=O) groups excluding carboxylic acids is 1. The van der Waals surface area contributed by atoms with E-state index in [0.29, 0.717) is 16.1 Å². The molecule has 3 aromatic carbocycles. The maximum Gasteiger partial charge on any atom is 0.187 e. The van der Waals surface area contributed by atoms with E-state index in [4.69, 9.17) is 11.6 Å². The van der Waals surface area contributed by atoms with Gasteiger partial charge in [-0.25, -0.2) is 0 Å². The van der Waals surface area contributed by atoms with Crippen LogP contribution in [-0.2, 0) is 0 Å². The summed E-state index contributed by atoms with van der Waals surface area (Å²) in [6.07, 6.45) is 3.31. The maximum atomic E-state index is 12.5. The normalized spacial score (nSPS) is 10.3.